The average molecular weight is 295 g/mol. The molecule has 0 unspecified atom stereocenters. The van der Waals surface area contributed by atoms with E-state index in [9.17, 15) is 4.39 Å². The lowest BCUT2D eigenvalue weighted by Gasteiger charge is -2.09. The van der Waals surface area contributed by atoms with Crippen molar-refractivity contribution in [3.63, 3.8) is 0 Å². The van der Waals surface area contributed by atoms with Crippen molar-refractivity contribution in [3.05, 3.63) is 40.8 Å². The van der Waals surface area contributed by atoms with Crippen LogP contribution in [0.2, 0.25) is 5.15 Å². The SMILES string of the molecule is CSc1nc(Cl)c(C#N)c(Nc2ccccc2F)n1. The number of aromatic nitrogens is 2. The molecule has 7 heteroatoms. The summed E-state index contributed by atoms with van der Waals surface area (Å²) in [6.07, 6.45) is 1.78. The Hall–Kier alpha value is -1.84. The molecule has 0 atom stereocenters. The van der Waals surface area contributed by atoms with Gasteiger partial charge in [-0.15, -0.1) is 0 Å². The van der Waals surface area contributed by atoms with Crippen LogP contribution in [-0.2, 0) is 0 Å². The van der Waals surface area contributed by atoms with E-state index in [2.05, 4.69) is 15.3 Å². The van der Waals surface area contributed by atoms with Gasteiger partial charge in [0.1, 0.15) is 17.4 Å². The molecular weight excluding hydrogens is 287 g/mol. The third-order valence-corrected chi connectivity index (χ3v) is 3.09. The minimum absolute atomic E-state index is 0.0423. The molecule has 19 heavy (non-hydrogen) atoms. The summed E-state index contributed by atoms with van der Waals surface area (Å²) < 4.78 is 13.6. The molecule has 1 aromatic heterocycles. The highest BCUT2D eigenvalue weighted by molar-refractivity contribution is 7.98. The predicted molar refractivity (Wildman–Crippen MR) is 73.2 cm³/mol. The van der Waals surface area contributed by atoms with Crippen LogP contribution in [0.3, 0.4) is 0 Å². The number of nitriles is 1. The third kappa shape index (κ3) is 2.95. The molecule has 0 aliphatic heterocycles. The Bertz CT molecular complexity index is 657. The molecule has 0 saturated heterocycles. The lowest BCUT2D eigenvalue weighted by Crippen LogP contribution is -2.02. The molecular formula is C12H8ClFN4S. The zero-order valence-corrected chi connectivity index (χ0v) is 11.4. The average Bonchev–Trinajstić information content (AvgIpc) is 2.41. The zero-order valence-electron chi connectivity index (χ0n) is 9.82. The predicted octanol–water partition coefficient (Wildman–Crippen LogP) is 3.61. The Morgan fingerprint density at radius 3 is 2.74 bits per heavy atom. The topological polar surface area (TPSA) is 61.6 Å². The number of nitrogens with one attached hydrogen (secondary N) is 1. The lowest BCUT2D eigenvalue weighted by atomic mass is 10.3. The second kappa shape index (κ2) is 5.87. The number of para-hydroxylation sites is 1. The fourth-order valence-corrected chi connectivity index (χ4v) is 2.01. The van der Waals surface area contributed by atoms with Crippen LogP contribution in [0.4, 0.5) is 15.9 Å². The molecule has 2 rings (SSSR count). The highest BCUT2D eigenvalue weighted by Gasteiger charge is 2.14. The van der Waals surface area contributed by atoms with Gasteiger partial charge in [0, 0.05) is 0 Å². The van der Waals surface area contributed by atoms with E-state index in [1.807, 2.05) is 6.07 Å². The summed E-state index contributed by atoms with van der Waals surface area (Å²) in [4.78, 5) is 8.07. The first-order valence-corrected chi connectivity index (χ1v) is 6.79. The standard InChI is InChI=1S/C12H8ClFN4S/c1-19-12-17-10(13)7(6-15)11(18-12)16-9-5-3-2-4-8(9)14/h2-5H,1H3,(H,16,17,18). The first kappa shape index (κ1) is 13.6. The van der Waals surface area contributed by atoms with E-state index in [1.54, 1.807) is 24.5 Å². The number of rotatable bonds is 3. The van der Waals surface area contributed by atoms with E-state index >= 15 is 0 Å². The summed E-state index contributed by atoms with van der Waals surface area (Å²) in [6.45, 7) is 0. The van der Waals surface area contributed by atoms with Gasteiger partial charge in [0.15, 0.2) is 16.1 Å². The second-order valence-electron chi connectivity index (χ2n) is 3.44. The summed E-state index contributed by atoms with van der Waals surface area (Å²) in [5, 5.41) is 12.3. The van der Waals surface area contributed by atoms with Gasteiger partial charge in [-0.3, -0.25) is 0 Å². The van der Waals surface area contributed by atoms with Gasteiger partial charge in [-0.1, -0.05) is 35.5 Å². The maximum absolute atomic E-state index is 13.6. The van der Waals surface area contributed by atoms with Crippen LogP contribution in [0, 0.1) is 17.1 Å². The maximum Gasteiger partial charge on any atom is 0.190 e. The summed E-state index contributed by atoms with van der Waals surface area (Å²) in [5.41, 5.74) is 0.309. The number of halogens is 2. The molecule has 0 radical (unpaired) electrons. The van der Waals surface area contributed by atoms with E-state index in [0.29, 0.717) is 5.16 Å². The molecule has 1 N–H and O–H groups in total. The molecule has 0 aliphatic rings. The van der Waals surface area contributed by atoms with Gasteiger partial charge in [-0.05, 0) is 18.4 Å². The van der Waals surface area contributed by atoms with Crippen molar-refractivity contribution in [3.8, 4) is 6.07 Å². The molecule has 1 heterocycles. The Morgan fingerprint density at radius 1 is 1.37 bits per heavy atom. The smallest absolute Gasteiger partial charge is 0.190 e. The molecule has 0 amide bonds. The third-order valence-electron chi connectivity index (χ3n) is 2.27. The van der Waals surface area contributed by atoms with Crippen LogP contribution in [0.25, 0.3) is 0 Å². The van der Waals surface area contributed by atoms with Crippen LogP contribution < -0.4 is 5.32 Å². The van der Waals surface area contributed by atoms with Gasteiger partial charge >= 0.3 is 0 Å². The second-order valence-corrected chi connectivity index (χ2v) is 4.57. The molecule has 0 spiro atoms. The van der Waals surface area contributed by atoms with Crippen molar-refractivity contribution in [1.82, 2.24) is 9.97 Å². The first-order valence-electron chi connectivity index (χ1n) is 5.19. The highest BCUT2D eigenvalue weighted by Crippen LogP contribution is 2.27. The van der Waals surface area contributed by atoms with Crippen molar-refractivity contribution < 1.29 is 4.39 Å². The van der Waals surface area contributed by atoms with Crippen molar-refractivity contribution >= 4 is 34.9 Å². The van der Waals surface area contributed by atoms with Gasteiger partial charge < -0.3 is 5.32 Å². The first-order chi connectivity index (χ1) is 9.15. The molecule has 0 saturated carbocycles. The normalized spacial score (nSPS) is 10.0. The van der Waals surface area contributed by atoms with Crippen molar-refractivity contribution in [1.29, 1.82) is 5.26 Å². The minimum Gasteiger partial charge on any atom is -0.337 e. The van der Waals surface area contributed by atoms with Crippen LogP contribution in [0.15, 0.2) is 29.4 Å². The number of hydrogen-bond donors (Lipinski definition) is 1. The molecule has 0 aliphatic carbocycles. The fourth-order valence-electron chi connectivity index (χ4n) is 1.39. The van der Waals surface area contributed by atoms with Crippen LogP contribution >= 0.6 is 23.4 Å². The molecule has 0 bridgehead atoms. The summed E-state index contributed by atoms with van der Waals surface area (Å²) in [7, 11) is 0. The molecule has 2 aromatic rings. The maximum atomic E-state index is 13.6. The van der Waals surface area contributed by atoms with Gasteiger partial charge in [-0.25, -0.2) is 14.4 Å². The monoisotopic (exact) mass is 294 g/mol. The van der Waals surface area contributed by atoms with Gasteiger partial charge in [0.2, 0.25) is 0 Å². The van der Waals surface area contributed by atoms with Crippen molar-refractivity contribution in [2.45, 2.75) is 5.16 Å². The van der Waals surface area contributed by atoms with E-state index in [-0.39, 0.29) is 22.2 Å². The quantitative estimate of drug-likeness (QED) is 0.532. The van der Waals surface area contributed by atoms with Gasteiger partial charge in [0.05, 0.1) is 5.69 Å². The van der Waals surface area contributed by atoms with E-state index in [0.717, 1.165) is 0 Å². The van der Waals surface area contributed by atoms with E-state index in [1.165, 1.54) is 17.8 Å². The Balaban J connectivity index is 2.48. The number of thioether (sulfide) groups is 1. The number of nitrogens with zero attached hydrogens (tertiary/aromatic N) is 3. The summed E-state index contributed by atoms with van der Waals surface area (Å²) in [6, 6.07) is 8.01. The Kier molecular flexibility index (Phi) is 4.20. The van der Waals surface area contributed by atoms with Crippen molar-refractivity contribution in [2.24, 2.45) is 0 Å². The summed E-state index contributed by atoms with van der Waals surface area (Å²) >= 11 is 7.18. The molecule has 4 nitrogen and oxygen atoms in total. The molecule has 96 valence electrons. The summed E-state index contributed by atoms with van der Waals surface area (Å²) in [5.74, 6) is -0.247. The zero-order chi connectivity index (χ0) is 13.8. The van der Waals surface area contributed by atoms with Crippen LogP contribution in [-0.4, -0.2) is 16.2 Å². The molecule has 0 fully saturated rings. The number of anilines is 2. The fraction of sp³-hybridized carbons (Fsp3) is 0.0833. The van der Waals surface area contributed by atoms with E-state index < -0.39 is 5.82 Å². The minimum atomic E-state index is -0.438. The highest BCUT2D eigenvalue weighted by atomic mass is 35.5. The van der Waals surface area contributed by atoms with Gasteiger partial charge in [-0.2, -0.15) is 5.26 Å². The van der Waals surface area contributed by atoms with Gasteiger partial charge in [0.25, 0.3) is 0 Å². The number of benzene rings is 1. The number of hydrogen-bond acceptors (Lipinski definition) is 5. The Morgan fingerprint density at radius 2 is 2.11 bits per heavy atom. The lowest BCUT2D eigenvalue weighted by molar-refractivity contribution is 0.631. The Labute approximate surface area is 118 Å². The van der Waals surface area contributed by atoms with Crippen LogP contribution in [0.5, 0.6) is 0 Å². The molecule has 1 aromatic carbocycles. The van der Waals surface area contributed by atoms with Crippen LogP contribution in [0.1, 0.15) is 5.56 Å². The van der Waals surface area contributed by atoms with Crippen molar-refractivity contribution in [2.75, 3.05) is 11.6 Å². The van der Waals surface area contributed by atoms with E-state index in [4.69, 9.17) is 16.9 Å². The largest absolute Gasteiger partial charge is 0.337 e.